The van der Waals surface area contributed by atoms with Crippen LogP contribution in [0.1, 0.15) is 44.6 Å². The number of unbranched alkanes of at least 4 members (excludes halogenated alkanes) is 1. The van der Waals surface area contributed by atoms with E-state index in [1.165, 1.54) is 24.3 Å². The summed E-state index contributed by atoms with van der Waals surface area (Å²) in [5.41, 5.74) is 16.9. The van der Waals surface area contributed by atoms with Gasteiger partial charge in [0.1, 0.15) is 42.0 Å². The number of primary amides is 1. The fourth-order valence-electron chi connectivity index (χ4n) is 4.87. The van der Waals surface area contributed by atoms with Gasteiger partial charge in [0.2, 0.25) is 41.4 Å². The Morgan fingerprint density at radius 1 is 0.696 bits per heavy atom. The van der Waals surface area contributed by atoms with E-state index in [1.54, 1.807) is 0 Å². The molecule has 8 atom stereocenters. The summed E-state index contributed by atoms with van der Waals surface area (Å²) >= 11 is 7.84. The highest BCUT2D eigenvalue weighted by Gasteiger charge is 2.35. The predicted molar refractivity (Wildman–Crippen MR) is 207 cm³/mol. The predicted octanol–water partition coefficient (Wildman–Crippen LogP) is -5.12. The van der Waals surface area contributed by atoms with E-state index >= 15 is 0 Å². The molecule has 0 aromatic heterocycles. The average molecular weight is 832 g/mol. The number of aliphatic hydroxyl groups is 2. The number of carboxylic acid groups (broad SMARTS) is 1. The number of amides is 7. The molecule has 0 heterocycles. The summed E-state index contributed by atoms with van der Waals surface area (Å²) in [6, 6.07) is -4.84. The van der Waals surface area contributed by atoms with Crippen LogP contribution in [0, 0.1) is 0 Å². The van der Waals surface area contributed by atoms with E-state index in [1.807, 2.05) is 0 Å². The SMILES string of the molecule is CC(O)C(NC(=O)C(CCC(N)=O)NC(=O)C(Cc1ccc(O)cc1)NC(=O)C(CO)NC(=O)C(N)CS)C(=O)NC(CCCCN)C(=O)NC(CS)C(=O)O. The number of aliphatic hydroxyl groups excluding tert-OH is 2. The molecule has 314 valence electrons. The van der Waals surface area contributed by atoms with Gasteiger partial charge in [-0.1, -0.05) is 12.1 Å². The Morgan fingerprint density at radius 2 is 1.20 bits per heavy atom. The largest absolute Gasteiger partial charge is 0.508 e. The van der Waals surface area contributed by atoms with Crippen molar-refractivity contribution >= 4 is 72.6 Å². The number of benzene rings is 1. The van der Waals surface area contributed by atoms with Gasteiger partial charge in [-0.3, -0.25) is 33.6 Å². The van der Waals surface area contributed by atoms with Gasteiger partial charge in [0, 0.05) is 24.3 Å². The van der Waals surface area contributed by atoms with Gasteiger partial charge in [0.05, 0.1) is 18.8 Å². The summed E-state index contributed by atoms with van der Waals surface area (Å²) in [5, 5.41) is 53.4. The molecular weight excluding hydrogens is 779 g/mol. The van der Waals surface area contributed by atoms with Crippen molar-refractivity contribution in [2.45, 2.75) is 93.8 Å². The van der Waals surface area contributed by atoms with Crippen LogP contribution >= 0.6 is 25.3 Å². The summed E-state index contributed by atoms with van der Waals surface area (Å²) in [5.74, 6) is -8.61. The summed E-state index contributed by atoms with van der Waals surface area (Å²) in [6.45, 7) is 0.501. The van der Waals surface area contributed by atoms with Crippen LogP contribution in [0.25, 0.3) is 0 Å². The Hall–Kier alpha value is -4.68. The number of aromatic hydroxyl groups is 1. The topological polar surface area (TPSA) is 368 Å². The minimum absolute atomic E-state index is 0.00239. The van der Waals surface area contributed by atoms with E-state index in [0.717, 1.165) is 6.92 Å². The van der Waals surface area contributed by atoms with Crippen LogP contribution < -0.4 is 49.1 Å². The molecule has 0 bridgehead atoms. The normalized spacial score (nSPS) is 15.3. The Bertz CT molecular complexity index is 1510. The van der Waals surface area contributed by atoms with Crippen molar-refractivity contribution in [1.82, 2.24) is 31.9 Å². The van der Waals surface area contributed by atoms with Crippen LogP contribution in [0.5, 0.6) is 5.75 Å². The molecule has 0 aliphatic carbocycles. The number of hydrogen-bond acceptors (Lipinski definition) is 15. The third kappa shape index (κ3) is 17.4. The zero-order valence-corrected chi connectivity index (χ0v) is 32.5. The average Bonchev–Trinajstić information content (AvgIpc) is 3.15. The Labute approximate surface area is 333 Å². The first-order valence-electron chi connectivity index (χ1n) is 17.5. The maximum atomic E-state index is 13.8. The number of hydrogen-bond donors (Lipinski definition) is 15. The number of aliphatic carboxylic acids is 1. The fraction of sp³-hybridized carbons (Fsp3) is 0.576. The standard InChI is InChI=1S/C33H53N9O12S2/c1-16(44)26(32(52)38-20(4-2-3-11-34)28(48)41-24(15-56)33(53)54)42-29(49)21(9-10-25(36)46)37-30(50)22(12-17-5-7-18(45)8-6-17)39-31(51)23(13-43)40-27(47)19(35)14-55/h5-8,16,19-24,26,43-45,55-56H,2-4,9-15,34-35H2,1H3,(H2,36,46)(H,37,50)(H,38,52)(H,39,51)(H,40,47)(H,41,48)(H,42,49)(H,53,54). The number of thiol groups is 2. The molecule has 0 spiro atoms. The van der Waals surface area contributed by atoms with Crippen molar-refractivity contribution < 1.29 is 58.8 Å². The van der Waals surface area contributed by atoms with E-state index in [9.17, 15) is 58.8 Å². The molecule has 0 radical (unpaired) electrons. The molecule has 1 rings (SSSR count). The van der Waals surface area contributed by atoms with Crippen molar-refractivity contribution in [3.05, 3.63) is 29.8 Å². The summed E-state index contributed by atoms with van der Waals surface area (Å²) < 4.78 is 0. The van der Waals surface area contributed by atoms with Gasteiger partial charge >= 0.3 is 5.97 Å². The molecule has 21 nitrogen and oxygen atoms in total. The van der Waals surface area contributed by atoms with Gasteiger partial charge in [-0.2, -0.15) is 25.3 Å². The molecule has 16 N–H and O–H groups in total. The zero-order valence-electron chi connectivity index (χ0n) is 30.7. The van der Waals surface area contributed by atoms with Crippen LogP contribution in [0.15, 0.2) is 24.3 Å². The molecular formula is C33H53N9O12S2. The Balaban J connectivity index is 3.39. The number of carboxylic acids is 1. The molecule has 0 aliphatic rings. The van der Waals surface area contributed by atoms with Gasteiger partial charge in [-0.15, -0.1) is 0 Å². The van der Waals surface area contributed by atoms with Crippen LogP contribution in [0.4, 0.5) is 0 Å². The molecule has 7 amide bonds. The number of phenolic OH excluding ortho intramolecular Hbond substituents is 1. The van der Waals surface area contributed by atoms with E-state index in [0.29, 0.717) is 18.4 Å². The summed E-state index contributed by atoms with van der Waals surface area (Å²) in [4.78, 5) is 103. The maximum Gasteiger partial charge on any atom is 0.327 e. The zero-order chi connectivity index (χ0) is 42.5. The summed E-state index contributed by atoms with van der Waals surface area (Å²) in [6.07, 6.45) is -1.97. The molecule has 8 unspecified atom stereocenters. The van der Waals surface area contributed by atoms with Gasteiger partial charge in [0.25, 0.3) is 0 Å². The van der Waals surface area contributed by atoms with Crippen molar-refractivity contribution in [3.63, 3.8) is 0 Å². The van der Waals surface area contributed by atoms with Gasteiger partial charge in [0.15, 0.2) is 0 Å². The van der Waals surface area contributed by atoms with Crippen LogP contribution in [0.3, 0.4) is 0 Å². The van der Waals surface area contributed by atoms with Gasteiger partial charge in [-0.25, -0.2) is 4.79 Å². The van der Waals surface area contributed by atoms with Gasteiger partial charge < -0.3 is 69.5 Å². The van der Waals surface area contributed by atoms with Crippen LogP contribution in [-0.2, 0) is 44.8 Å². The number of carbonyl (C=O) groups excluding carboxylic acids is 7. The molecule has 1 aromatic rings. The van der Waals surface area contributed by atoms with E-state index in [2.05, 4.69) is 57.2 Å². The molecule has 23 heteroatoms. The lowest BCUT2D eigenvalue weighted by Gasteiger charge is -2.28. The summed E-state index contributed by atoms with van der Waals surface area (Å²) in [7, 11) is 0. The highest BCUT2D eigenvalue weighted by Crippen LogP contribution is 2.13. The number of rotatable bonds is 26. The number of nitrogens with one attached hydrogen (secondary N) is 6. The van der Waals surface area contributed by atoms with Crippen molar-refractivity contribution in [1.29, 1.82) is 0 Å². The van der Waals surface area contributed by atoms with Crippen molar-refractivity contribution in [3.8, 4) is 5.75 Å². The lowest BCUT2D eigenvalue weighted by molar-refractivity contribution is -0.141. The second-order valence-corrected chi connectivity index (χ2v) is 13.4. The second-order valence-electron chi connectivity index (χ2n) is 12.7. The third-order valence-corrected chi connectivity index (χ3v) is 8.87. The van der Waals surface area contributed by atoms with E-state index in [4.69, 9.17) is 17.2 Å². The monoisotopic (exact) mass is 831 g/mol. The molecule has 0 saturated carbocycles. The second kappa shape index (κ2) is 25.5. The fourth-order valence-corrected chi connectivity index (χ4v) is 5.29. The number of phenols is 1. The highest BCUT2D eigenvalue weighted by atomic mass is 32.1. The first-order valence-corrected chi connectivity index (χ1v) is 18.7. The molecule has 0 saturated heterocycles. The minimum atomic E-state index is -1.76. The molecule has 0 fully saturated rings. The number of nitrogens with two attached hydrogens (primary N) is 3. The van der Waals surface area contributed by atoms with Crippen LogP contribution in [0.2, 0.25) is 0 Å². The minimum Gasteiger partial charge on any atom is -0.508 e. The molecule has 1 aromatic carbocycles. The van der Waals surface area contributed by atoms with E-state index in [-0.39, 0.29) is 36.6 Å². The maximum absolute atomic E-state index is 13.8. The quantitative estimate of drug-likeness (QED) is 0.0307. The smallest absolute Gasteiger partial charge is 0.327 e. The van der Waals surface area contributed by atoms with Crippen LogP contribution in [-0.4, -0.2) is 141 Å². The lowest BCUT2D eigenvalue weighted by atomic mass is 10.0. The Kier molecular flexibility index (Phi) is 22.4. The highest BCUT2D eigenvalue weighted by molar-refractivity contribution is 7.80. The van der Waals surface area contributed by atoms with Crippen molar-refractivity contribution in [2.75, 3.05) is 24.7 Å². The number of carbonyl (C=O) groups is 8. The Morgan fingerprint density at radius 3 is 1.71 bits per heavy atom. The molecule has 0 aliphatic heterocycles. The van der Waals surface area contributed by atoms with E-state index < -0.39 is 115 Å². The lowest BCUT2D eigenvalue weighted by Crippen LogP contribution is -2.62. The third-order valence-electron chi connectivity index (χ3n) is 8.11. The van der Waals surface area contributed by atoms with Crippen molar-refractivity contribution in [2.24, 2.45) is 17.2 Å². The van der Waals surface area contributed by atoms with Gasteiger partial charge in [-0.05, 0) is 56.8 Å². The first-order chi connectivity index (χ1) is 26.4. The molecule has 56 heavy (non-hydrogen) atoms. The first kappa shape index (κ1) is 49.3.